The van der Waals surface area contributed by atoms with Gasteiger partial charge in [0.25, 0.3) is 0 Å². The maximum Gasteiger partial charge on any atom is 0.231 e. The summed E-state index contributed by atoms with van der Waals surface area (Å²) in [6, 6.07) is 8.62. The average molecular weight is 371 g/mol. The summed E-state index contributed by atoms with van der Waals surface area (Å²) in [6.07, 6.45) is 4.68. The number of fused-ring (bicyclic) bond motifs is 4. The first-order chi connectivity index (χ1) is 13.0. The summed E-state index contributed by atoms with van der Waals surface area (Å²) in [5, 5.41) is 0. The molecule has 0 unspecified atom stereocenters. The van der Waals surface area contributed by atoms with E-state index in [1.165, 1.54) is 5.56 Å². The van der Waals surface area contributed by atoms with E-state index in [9.17, 15) is 9.59 Å². The van der Waals surface area contributed by atoms with Crippen LogP contribution in [0.4, 0.5) is 0 Å². The van der Waals surface area contributed by atoms with Gasteiger partial charge in [0, 0.05) is 31.6 Å². The second-order valence-corrected chi connectivity index (χ2v) is 8.30. The van der Waals surface area contributed by atoms with E-state index < -0.39 is 0 Å². The quantitative estimate of drug-likeness (QED) is 0.849. The van der Waals surface area contributed by atoms with E-state index in [0.29, 0.717) is 36.8 Å². The molecule has 27 heavy (non-hydrogen) atoms. The van der Waals surface area contributed by atoms with Crippen molar-refractivity contribution in [2.45, 2.75) is 44.2 Å². The molecule has 146 valence electrons. The van der Waals surface area contributed by atoms with Gasteiger partial charge in [-0.3, -0.25) is 14.5 Å². The fraction of sp³-hybridized carbons (Fsp3) is 0.619. The summed E-state index contributed by atoms with van der Waals surface area (Å²) in [6.45, 7) is 2.03. The average Bonchev–Trinajstić information content (AvgIpc) is 2.65. The van der Waals surface area contributed by atoms with Gasteiger partial charge in [0.05, 0.1) is 13.7 Å². The maximum absolute atomic E-state index is 12.9. The molecule has 6 nitrogen and oxygen atoms in total. The molecule has 0 spiro atoms. The minimum atomic E-state index is -0.268. The van der Waals surface area contributed by atoms with Gasteiger partial charge < -0.3 is 15.4 Å². The zero-order valence-corrected chi connectivity index (χ0v) is 16.0. The number of nitrogens with two attached hydrogens (primary N) is 1. The largest absolute Gasteiger partial charge is 0.497 e. The van der Waals surface area contributed by atoms with Crippen molar-refractivity contribution in [1.82, 2.24) is 9.80 Å². The highest BCUT2D eigenvalue weighted by molar-refractivity contribution is 5.78. The third kappa shape index (κ3) is 3.68. The van der Waals surface area contributed by atoms with Crippen LogP contribution in [-0.4, -0.2) is 60.4 Å². The van der Waals surface area contributed by atoms with Gasteiger partial charge in [0.1, 0.15) is 5.75 Å². The van der Waals surface area contributed by atoms with Gasteiger partial charge in [-0.25, -0.2) is 0 Å². The Morgan fingerprint density at radius 3 is 2.89 bits per heavy atom. The molecule has 2 N–H and O–H groups in total. The summed E-state index contributed by atoms with van der Waals surface area (Å²) in [5.41, 5.74) is 6.65. The smallest absolute Gasteiger partial charge is 0.231 e. The van der Waals surface area contributed by atoms with Crippen molar-refractivity contribution in [2.75, 3.05) is 26.7 Å². The molecular weight excluding hydrogens is 342 g/mol. The first-order valence-corrected chi connectivity index (χ1v) is 10.00. The molecule has 4 atom stereocenters. The van der Waals surface area contributed by atoms with Crippen molar-refractivity contribution < 1.29 is 14.3 Å². The molecule has 3 aliphatic heterocycles. The molecule has 6 heteroatoms. The van der Waals surface area contributed by atoms with Crippen LogP contribution in [0.2, 0.25) is 0 Å². The molecule has 3 heterocycles. The third-order valence-electron chi connectivity index (χ3n) is 6.53. The van der Waals surface area contributed by atoms with Crippen LogP contribution >= 0.6 is 0 Å². The van der Waals surface area contributed by atoms with Crippen LogP contribution in [0.3, 0.4) is 0 Å². The zero-order valence-electron chi connectivity index (χ0n) is 16.0. The number of carbonyl (C=O) groups is 2. The van der Waals surface area contributed by atoms with Crippen LogP contribution in [0.25, 0.3) is 0 Å². The summed E-state index contributed by atoms with van der Waals surface area (Å²) in [5.74, 6) is 1.72. The predicted molar refractivity (Wildman–Crippen MR) is 102 cm³/mol. The summed E-state index contributed by atoms with van der Waals surface area (Å²) >= 11 is 0. The number of ether oxygens (including phenoxy) is 1. The molecule has 0 aromatic heterocycles. The van der Waals surface area contributed by atoms with E-state index >= 15 is 0 Å². The van der Waals surface area contributed by atoms with Crippen LogP contribution in [-0.2, 0) is 16.0 Å². The van der Waals surface area contributed by atoms with Gasteiger partial charge in [-0.15, -0.1) is 0 Å². The molecule has 2 amide bonds. The number of primary amides is 1. The number of methoxy groups -OCH3 is 1. The lowest BCUT2D eigenvalue weighted by Gasteiger charge is -2.56. The standard InChI is InChI=1S/C21H29N3O3/c1-27-17-5-2-4-14(8-17)9-19-16-10-15(11-23(12-16)13-20(22)25)18-6-3-7-21(26)24(18)19/h2,4-5,8,15-16,18-19H,3,6-7,9-13H2,1H3,(H2,22,25)/t15-,16+,18+,19+/m1/s1. The van der Waals surface area contributed by atoms with Gasteiger partial charge in [-0.2, -0.15) is 0 Å². The Morgan fingerprint density at radius 2 is 2.11 bits per heavy atom. The molecule has 3 aliphatic rings. The number of hydrogen-bond acceptors (Lipinski definition) is 4. The highest BCUT2D eigenvalue weighted by atomic mass is 16.5. The minimum absolute atomic E-state index is 0.182. The number of amides is 2. The number of piperidine rings is 3. The molecule has 2 bridgehead atoms. The van der Waals surface area contributed by atoms with Crippen molar-refractivity contribution in [3.05, 3.63) is 29.8 Å². The third-order valence-corrected chi connectivity index (χ3v) is 6.53. The summed E-state index contributed by atoms with van der Waals surface area (Å²) in [7, 11) is 1.68. The lowest BCUT2D eigenvalue weighted by molar-refractivity contribution is -0.153. The molecule has 1 aromatic carbocycles. The molecule has 0 saturated carbocycles. The maximum atomic E-state index is 12.9. The molecule has 0 radical (unpaired) electrons. The topological polar surface area (TPSA) is 75.9 Å². The molecule has 3 fully saturated rings. The molecule has 3 saturated heterocycles. The van der Waals surface area contributed by atoms with Crippen LogP contribution in [0.5, 0.6) is 5.75 Å². The van der Waals surface area contributed by atoms with Crippen LogP contribution in [0.1, 0.15) is 31.2 Å². The minimum Gasteiger partial charge on any atom is -0.497 e. The number of carbonyl (C=O) groups excluding carboxylic acids is 2. The van der Waals surface area contributed by atoms with E-state index in [4.69, 9.17) is 10.5 Å². The van der Waals surface area contributed by atoms with Crippen molar-refractivity contribution in [3.63, 3.8) is 0 Å². The summed E-state index contributed by atoms with van der Waals surface area (Å²) in [4.78, 5) is 28.7. The Balaban J connectivity index is 1.61. The second kappa shape index (κ2) is 7.50. The number of hydrogen-bond donors (Lipinski definition) is 1. The number of rotatable bonds is 5. The first-order valence-electron chi connectivity index (χ1n) is 10.00. The highest BCUT2D eigenvalue weighted by Crippen LogP contribution is 2.42. The Kier molecular flexibility index (Phi) is 5.08. The first kappa shape index (κ1) is 18.3. The Bertz CT molecular complexity index is 722. The van der Waals surface area contributed by atoms with Crippen LogP contribution in [0, 0.1) is 11.8 Å². The van der Waals surface area contributed by atoms with Crippen LogP contribution < -0.4 is 10.5 Å². The fourth-order valence-corrected chi connectivity index (χ4v) is 5.53. The van der Waals surface area contributed by atoms with Crippen molar-refractivity contribution in [2.24, 2.45) is 17.6 Å². The van der Waals surface area contributed by atoms with Gasteiger partial charge in [-0.05, 0) is 55.2 Å². The van der Waals surface area contributed by atoms with Crippen molar-refractivity contribution in [1.29, 1.82) is 0 Å². The van der Waals surface area contributed by atoms with Gasteiger partial charge >= 0.3 is 0 Å². The lowest BCUT2D eigenvalue weighted by atomic mass is 9.71. The molecular formula is C21H29N3O3. The van der Waals surface area contributed by atoms with Gasteiger partial charge in [-0.1, -0.05) is 12.1 Å². The Labute approximate surface area is 160 Å². The van der Waals surface area contributed by atoms with E-state index in [0.717, 1.165) is 44.5 Å². The SMILES string of the molecule is COc1cccc(C[C@H]2[C@H]3C[C@H](CN(CC(N)=O)C3)[C@@H]3CCCC(=O)N32)c1. The number of likely N-dealkylation sites (tertiary alicyclic amines) is 1. The van der Waals surface area contributed by atoms with Crippen molar-refractivity contribution >= 4 is 11.8 Å². The molecule has 0 aliphatic carbocycles. The van der Waals surface area contributed by atoms with E-state index in [-0.39, 0.29) is 11.9 Å². The molecule has 4 rings (SSSR count). The number of benzene rings is 1. The van der Waals surface area contributed by atoms with Crippen LogP contribution in [0.15, 0.2) is 24.3 Å². The van der Waals surface area contributed by atoms with Crippen molar-refractivity contribution in [3.8, 4) is 5.75 Å². The normalized spacial score (nSPS) is 30.7. The lowest BCUT2D eigenvalue weighted by Crippen LogP contribution is -2.65. The van der Waals surface area contributed by atoms with E-state index in [2.05, 4.69) is 21.9 Å². The second-order valence-electron chi connectivity index (χ2n) is 8.30. The number of nitrogens with zero attached hydrogens (tertiary/aromatic N) is 2. The van der Waals surface area contributed by atoms with Gasteiger partial charge in [0.15, 0.2) is 0 Å². The Morgan fingerprint density at radius 1 is 1.30 bits per heavy atom. The predicted octanol–water partition coefficient (Wildman–Crippen LogP) is 1.42. The summed E-state index contributed by atoms with van der Waals surface area (Å²) < 4.78 is 5.37. The zero-order chi connectivity index (χ0) is 19.0. The highest BCUT2D eigenvalue weighted by Gasteiger charge is 2.49. The Hall–Kier alpha value is -2.08. The molecule has 1 aromatic rings. The fourth-order valence-electron chi connectivity index (χ4n) is 5.53. The monoisotopic (exact) mass is 371 g/mol. The van der Waals surface area contributed by atoms with E-state index in [1.54, 1.807) is 7.11 Å². The van der Waals surface area contributed by atoms with E-state index in [1.807, 2.05) is 12.1 Å². The van der Waals surface area contributed by atoms with Gasteiger partial charge in [0.2, 0.25) is 11.8 Å².